The minimum Gasteiger partial charge on any atom is -0.741 e. The monoisotopic (exact) mass is 1720 g/mol. The van der Waals surface area contributed by atoms with E-state index in [2.05, 4.69) is 89.8 Å². The Balaban J connectivity index is 0.000000305. The Morgan fingerprint density at radius 3 is 0.570 bits per heavy atom. The Morgan fingerprint density at radius 1 is 0.290 bits per heavy atom. The number of hydrogen-bond donors (Lipinski definition) is 0. The predicted octanol–water partition coefficient (Wildman–Crippen LogP) is 12.7. The second kappa shape index (κ2) is 41.4. The summed E-state index contributed by atoms with van der Waals surface area (Å²) in [5.74, 6) is 0. The number of nitrogens with zero attached hydrogens (tertiary/aromatic N) is 12. The standard InChI is InChI=1S/4C14H11N3.C4H8O.3CHF3O3S.3Ag/c4*1-3-7-12(8-4-1)14-11-15-16-17(14)13-9-5-2-6-10-13;1-2-4-5-3-1;3*2-1(3,4)8(5,6)7;;;/h4*1-11H;1-4H2;3*(H,5,6,7);;;/q;;;;;;;;3*+1/p-3. The molecule has 12 aromatic rings. The Labute approximate surface area is 613 Å². The summed E-state index contributed by atoms with van der Waals surface area (Å²) in [5, 5.41) is 32.5. The van der Waals surface area contributed by atoms with Gasteiger partial charge < -0.3 is 18.4 Å². The van der Waals surface area contributed by atoms with Crippen LogP contribution < -0.4 is 0 Å². The number of aromatic nitrogens is 12. The zero-order chi connectivity index (χ0) is 70.5. The van der Waals surface area contributed by atoms with Gasteiger partial charge in [-0.3, -0.25) is 0 Å². The summed E-state index contributed by atoms with van der Waals surface area (Å²) in [5.41, 5.74) is -4.43. The molecule has 0 aliphatic carbocycles. The maximum absolute atomic E-state index is 10.7. The molecule has 0 amide bonds. The maximum atomic E-state index is 10.7. The molecule has 37 heteroatoms. The van der Waals surface area contributed by atoms with Crippen molar-refractivity contribution in [2.75, 3.05) is 13.2 Å². The summed E-state index contributed by atoms with van der Waals surface area (Å²) < 4.78 is 189. The minimum absolute atomic E-state index is 0. The van der Waals surface area contributed by atoms with Gasteiger partial charge in [0.1, 0.15) is 0 Å². The van der Waals surface area contributed by atoms with Gasteiger partial charge >= 0.3 is 83.7 Å². The molecule has 1 aliphatic heterocycles. The molecule has 0 unspecified atom stereocenters. The molecule has 538 valence electrons. The van der Waals surface area contributed by atoms with Crippen molar-refractivity contribution in [2.24, 2.45) is 0 Å². The van der Waals surface area contributed by atoms with E-state index >= 15 is 0 Å². The Bertz CT molecular complexity index is 3830. The first-order valence-electron chi connectivity index (χ1n) is 27.8. The second-order valence-corrected chi connectivity index (χ2v) is 23.1. The molecular weight excluding hydrogens is 1680 g/mol. The van der Waals surface area contributed by atoms with Gasteiger partial charge in [0, 0.05) is 35.5 Å². The van der Waals surface area contributed by atoms with E-state index in [4.69, 9.17) is 43.6 Å². The fraction of sp³-hybridized carbons (Fsp3) is 0.111. The molecule has 1 fully saturated rings. The van der Waals surface area contributed by atoms with Gasteiger partial charge in [0.05, 0.1) is 70.3 Å². The molecule has 1 saturated heterocycles. The largest absolute Gasteiger partial charge is 1.00 e. The number of alkyl halides is 9. The molecule has 8 aromatic carbocycles. The summed E-state index contributed by atoms with van der Waals surface area (Å²) in [6.07, 6.45) is 9.68. The molecule has 0 spiro atoms. The zero-order valence-corrected chi connectivity index (χ0v) is 57.6. The summed E-state index contributed by atoms with van der Waals surface area (Å²) in [4.78, 5) is 0. The molecule has 5 heterocycles. The number of ether oxygens (including phenoxy) is 1. The first-order valence-corrected chi connectivity index (χ1v) is 32.0. The topological polar surface area (TPSA) is 304 Å². The van der Waals surface area contributed by atoms with E-state index < -0.39 is 46.9 Å². The molecule has 0 N–H and O–H groups in total. The maximum Gasteiger partial charge on any atom is 1.00 e. The average molecular weight is 1730 g/mol. The van der Waals surface area contributed by atoms with E-state index in [0.29, 0.717) is 0 Å². The molecule has 0 atom stereocenters. The molecular formula is C63H52Ag3F9N12O10S3. The number of benzene rings is 8. The van der Waals surface area contributed by atoms with Crippen LogP contribution in [0.2, 0.25) is 0 Å². The van der Waals surface area contributed by atoms with Crippen molar-refractivity contribution in [1.82, 2.24) is 60.0 Å². The number of para-hydroxylation sites is 4. The summed E-state index contributed by atoms with van der Waals surface area (Å²) in [6.45, 7) is 2.00. The van der Waals surface area contributed by atoms with Crippen LogP contribution in [0.5, 0.6) is 0 Å². The zero-order valence-electron chi connectivity index (χ0n) is 50.7. The Morgan fingerprint density at radius 2 is 0.440 bits per heavy atom. The average Bonchev–Trinajstić information content (AvgIpc) is 1.66. The first kappa shape index (κ1) is 85.8. The van der Waals surface area contributed by atoms with E-state index in [1.165, 1.54) is 12.8 Å². The molecule has 13 rings (SSSR count). The van der Waals surface area contributed by atoms with Gasteiger partial charge in [-0.05, 0) is 61.4 Å². The van der Waals surface area contributed by atoms with Crippen LogP contribution in [0.3, 0.4) is 0 Å². The third-order valence-electron chi connectivity index (χ3n) is 12.2. The van der Waals surface area contributed by atoms with Gasteiger partial charge in [0.15, 0.2) is 30.4 Å². The van der Waals surface area contributed by atoms with Crippen molar-refractivity contribution >= 4 is 30.4 Å². The number of rotatable bonds is 8. The summed E-state index contributed by atoms with van der Waals surface area (Å²) in [6, 6.07) is 80.5. The second-order valence-electron chi connectivity index (χ2n) is 18.9. The summed E-state index contributed by atoms with van der Waals surface area (Å²) >= 11 is 0. The number of hydrogen-bond acceptors (Lipinski definition) is 18. The molecule has 1 aliphatic rings. The van der Waals surface area contributed by atoms with Crippen molar-refractivity contribution in [3.63, 3.8) is 0 Å². The van der Waals surface area contributed by atoms with E-state index in [9.17, 15) is 39.5 Å². The van der Waals surface area contributed by atoms with E-state index in [0.717, 1.165) is 81.0 Å². The molecule has 22 nitrogen and oxygen atoms in total. The van der Waals surface area contributed by atoms with Crippen LogP contribution in [-0.4, -0.2) is 129 Å². The fourth-order valence-corrected chi connectivity index (χ4v) is 7.71. The van der Waals surface area contributed by atoms with Gasteiger partial charge in [0.2, 0.25) is 0 Å². The van der Waals surface area contributed by atoms with E-state index in [-0.39, 0.29) is 67.1 Å². The third kappa shape index (κ3) is 27.6. The molecule has 0 bridgehead atoms. The van der Waals surface area contributed by atoms with Crippen LogP contribution in [0.25, 0.3) is 67.8 Å². The van der Waals surface area contributed by atoms with Crippen LogP contribution >= 0.6 is 0 Å². The van der Waals surface area contributed by atoms with Crippen molar-refractivity contribution in [2.45, 2.75) is 29.4 Å². The van der Waals surface area contributed by atoms with Crippen LogP contribution in [0, 0.1) is 0 Å². The quantitative estimate of drug-likeness (QED) is 0.0590. The SMILES string of the molecule is C1CCOC1.O=S(=O)([O-])C(F)(F)F.O=S(=O)([O-])C(F)(F)F.O=S(=O)([O-])C(F)(F)F.[Ag+].[Ag+].[Ag+].c1ccc(-c2cnnn2-c2ccccc2)cc1.c1ccc(-c2cnnn2-c2ccccc2)cc1.c1ccc(-c2cnnn2-c2ccccc2)cc1.c1ccc(-c2cnnn2-c2ccccc2)cc1. The van der Waals surface area contributed by atoms with Crippen molar-refractivity contribution in [3.8, 4) is 67.8 Å². The Hall–Kier alpha value is -8.40. The van der Waals surface area contributed by atoms with Gasteiger partial charge in [-0.25, -0.2) is 44.0 Å². The molecule has 4 aromatic heterocycles. The van der Waals surface area contributed by atoms with Crippen LogP contribution in [0.15, 0.2) is 267 Å². The van der Waals surface area contributed by atoms with Crippen LogP contribution in [0.1, 0.15) is 12.8 Å². The van der Waals surface area contributed by atoms with Crippen molar-refractivity contribution in [1.29, 1.82) is 0 Å². The van der Waals surface area contributed by atoms with Gasteiger partial charge in [-0.1, -0.05) is 215 Å². The van der Waals surface area contributed by atoms with E-state index in [1.807, 2.05) is 213 Å². The van der Waals surface area contributed by atoms with Gasteiger partial charge in [-0.15, -0.1) is 20.4 Å². The third-order valence-corrected chi connectivity index (χ3v) is 13.9. The fourth-order valence-electron chi connectivity index (χ4n) is 7.71. The van der Waals surface area contributed by atoms with Gasteiger partial charge in [0.25, 0.3) is 0 Å². The minimum atomic E-state index is -6.09. The predicted molar refractivity (Wildman–Crippen MR) is 334 cm³/mol. The summed E-state index contributed by atoms with van der Waals surface area (Å²) in [7, 11) is -18.3. The van der Waals surface area contributed by atoms with Crippen molar-refractivity contribution < 1.29 is 150 Å². The van der Waals surface area contributed by atoms with Crippen LogP contribution in [-0.2, 0) is 102 Å². The van der Waals surface area contributed by atoms with Crippen molar-refractivity contribution in [3.05, 3.63) is 267 Å². The van der Waals surface area contributed by atoms with E-state index in [1.54, 1.807) is 24.8 Å². The Kier molecular flexibility index (Phi) is 35.5. The van der Waals surface area contributed by atoms with Gasteiger partial charge in [-0.2, -0.15) is 39.5 Å². The molecule has 0 radical (unpaired) electrons. The molecule has 0 saturated carbocycles. The molecule has 100 heavy (non-hydrogen) atoms. The van der Waals surface area contributed by atoms with Crippen LogP contribution in [0.4, 0.5) is 39.5 Å². The number of halogens is 9. The first-order chi connectivity index (χ1) is 46.0. The smallest absolute Gasteiger partial charge is 0.741 e. The normalized spacial score (nSPS) is 11.6.